The minimum atomic E-state index is 0.171. The van der Waals surface area contributed by atoms with Crippen molar-refractivity contribution in [3.8, 4) is 0 Å². The van der Waals surface area contributed by atoms with Gasteiger partial charge in [-0.1, -0.05) is 6.92 Å². The molecule has 2 aliphatic heterocycles. The van der Waals surface area contributed by atoms with Crippen molar-refractivity contribution >= 4 is 22.9 Å². The Balaban J connectivity index is 1.24. The van der Waals surface area contributed by atoms with E-state index in [1.807, 2.05) is 17.0 Å². The van der Waals surface area contributed by atoms with Gasteiger partial charge in [0, 0.05) is 62.6 Å². The summed E-state index contributed by atoms with van der Waals surface area (Å²) in [7, 11) is 0. The molecule has 0 bridgehead atoms. The molecule has 0 spiro atoms. The lowest BCUT2D eigenvalue weighted by molar-refractivity contribution is 0.0643. The lowest BCUT2D eigenvalue weighted by Crippen LogP contribution is -2.48. The molecule has 0 unspecified atom stereocenters. The number of piperazine rings is 1. The molecule has 0 radical (unpaired) electrons. The fourth-order valence-electron chi connectivity index (χ4n) is 4.79. The van der Waals surface area contributed by atoms with E-state index in [1.165, 1.54) is 11.3 Å². The fourth-order valence-corrected chi connectivity index (χ4v) is 5.47. The average molecular weight is 441 g/mol. The SMILES string of the molecule is CCN1CCN(C(=O)c2ccc(N3CCC(N[C@H](C)Cc4ccsc4)CC3)cc2)CC1. The number of piperidine rings is 1. The number of thiophene rings is 1. The summed E-state index contributed by atoms with van der Waals surface area (Å²) >= 11 is 1.78. The number of nitrogens with one attached hydrogen (secondary N) is 1. The van der Waals surface area contributed by atoms with E-state index in [4.69, 9.17) is 0 Å². The number of hydrogen-bond acceptors (Lipinski definition) is 5. The Morgan fingerprint density at radius 2 is 1.77 bits per heavy atom. The molecule has 0 saturated carbocycles. The third-order valence-electron chi connectivity index (χ3n) is 6.72. The summed E-state index contributed by atoms with van der Waals surface area (Å²) in [6, 6.07) is 11.6. The van der Waals surface area contributed by atoms with Crippen molar-refractivity contribution < 1.29 is 4.79 Å². The van der Waals surface area contributed by atoms with Crippen molar-refractivity contribution in [1.29, 1.82) is 0 Å². The van der Waals surface area contributed by atoms with E-state index in [-0.39, 0.29) is 5.91 Å². The van der Waals surface area contributed by atoms with E-state index in [0.717, 1.165) is 70.6 Å². The largest absolute Gasteiger partial charge is 0.371 e. The quantitative estimate of drug-likeness (QED) is 0.712. The lowest BCUT2D eigenvalue weighted by Gasteiger charge is -2.36. The summed E-state index contributed by atoms with van der Waals surface area (Å²) in [6.45, 7) is 11.3. The van der Waals surface area contributed by atoms with E-state index in [1.54, 1.807) is 11.3 Å². The summed E-state index contributed by atoms with van der Waals surface area (Å²) in [5.74, 6) is 0.171. The molecule has 5 nitrogen and oxygen atoms in total. The van der Waals surface area contributed by atoms with Crippen molar-refractivity contribution in [3.63, 3.8) is 0 Å². The van der Waals surface area contributed by atoms with Crippen molar-refractivity contribution in [1.82, 2.24) is 15.1 Å². The second kappa shape index (κ2) is 10.6. The molecule has 2 aromatic rings. The molecule has 2 saturated heterocycles. The van der Waals surface area contributed by atoms with Gasteiger partial charge in [0.1, 0.15) is 0 Å². The Hall–Kier alpha value is -1.89. The molecule has 2 aliphatic rings. The monoisotopic (exact) mass is 440 g/mol. The molecule has 1 atom stereocenters. The van der Waals surface area contributed by atoms with Crippen LogP contribution in [-0.4, -0.2) is 73.6 Å². The standard InChI is InChI=1S/C25H36N4OS/c1-3-27-13-15-29(16-14-27)25(30)22-4-6-24(7-5-22)28-11-8-23(9-12-28)26-20(2)18-21-10-17-31-19-21/h4-7,10,17,19-20,23,26H,3,8-9,11-16,18H2,1-2H3/t20-/m1/s1. The normalized spacial score (nSPS) is 19.5. The van der Waals surface area contributed by atoms with E-state index >= 15 is 0 Å². The first-order valence-electron chi connectivity index (χ1n) is 11.8. The van der Waals surface area contributed by atoms with Crippen LogP contribution in [0.5, 0.6) is 0 Å². The first-order chi connectivity index (χ1) is 15.1. The van der Waals surface area contributed by atoms with Crippen molar-refractivity contribution in [2.75, 3.05) is 50.7 Å². The maximum Gasteiger partial charge on any atom is 0.253 e. The zero-order chi connectivity index (χ0) is 21.6. The van der Waals surface area contributed by atoms with Crippen molar-refractivity contribution in [3.05, 3.63) is 52.2 Å². The van der Waals surface area contributed by atoms with Crippen LogP contribution in [0.25, 0.3) is 0 Å². The number of nitrogens with zero attached hydrogens (tertiary/aromatic N) is 3. The molecule has 1 aromatic heterocycles. The highest BCUT2D eigenvalue weighted by molar-refractivity contribution is 7.07. The molecule has 1 aromatic carbocycles. The summed E-state index contributed by atoms with van der Waals surface area (Å²) in [6.07, 6.45) is 3.43. The van der Waals surface area contributed by atoms with Gasteiger partial charge < -0.3 is 20.0 Å². The van der Waals surface area contributed by atoms with Gasteiger partial charge in [-0.3, -0.25) is 4.79 Å². The zero-order valence-electron chi connectivity index (χ0n) is 18.9. The van der Waals surface area contributed by atoms with E-state index in [9.17, 15) is 4.79 Å². The number of amides is 1. The molecule has 1 N–H and O–H groups in total. The Labute approximate surface area is 191 Å². The molecule has 3 heterocycles. The van der Waals surface area contributed by atoms with E-state index < -0.39 is 0 Å². The Kier molecular flexibility index (Phi) is 7.64. The number of benzene rings is 1. The molecule has 6 heteroatoms. The summed E-state index contributed by atoms with van der Waals surface area (Å²) in [5, 5.41) is 8.23. The van der Waals surface area contributed by atoms with E-state index in [2.05, 4.69) is 57.9 Å². The summed E-state index contributed by atoms with van der Waals surface area (Å²) in [4.78, 5) is 19.7. The highest BCUT2D eigenvalue weighted by Gasteiger charge is 2.23. The average Bonchev–Trinajstić information content (AvgIpc) is 3.32. The van der Waals surface area contributed by atoms with Crippen LogP contribution in [0, 0.1) is 0 Å². The lowest BCUT2D eigenvalue weighted by atomic mass is 10.0. The number of anilines is 1. The molecule has 0 aliphatic carbocycles. The van der Waals surface area contributed by atoms with Gasteiger partial charge in [0.25, 0.3) is 5.91 Å². The van der Waals surface area contributed by atoms with Crippen LogP contribution in [0.2, 0.25) is 0 Å². The van der Waals surface area contributed by atoms with Gasteiger partial charge in [0.2, 0.25) is 0 Å². The predicted molar refractivity (Wildman–Crippen MR) is 130 cm³/mol. The van der Waals surface area contributed by atoms with Crippen LogP contribution in [0.3, 0.4) is 0 Å². The minimum Gasteiger partial charge on any atom is -0.371 e. The van der Waals surface area contributed by atoms with Crippen molar-refractivity contribution in [2.45, 2.75) is 45.2 Å². The maximum absolute atomic E-state index is 12.8. The van der Waals surface area contributed by atoms with Gasteiger partial charge in [-0.2, -0.15) is 11.3 Å². The van der Waals surface area contributed by atoms with Crippen LogP contribution in [-0.2, 0) is 6.42 Å². The molecular formula is C25H36N4OS. The van der Waals surface area contributed by atoms with Gasteiger partial charge in [-0.15, -0.1) is 0 Å². The fraction of sp³-hybridized carbons (Fsp3) is 0.560. The third-order valence-corrected chi connectivity index (χ3v) is 7.46. The first kappa shape index (κ1) is 22.3. The van der Waals surface area contributed by atoms with Crippen molar-refractivity contribution in [2.24, 2.45) is 0 Å². The first-order valence-corrected chi connectivity index (χ1v) is 12.7. The number of carbonyl (C=O) groups is 1. The number of hydrogen-bond donors (Lipinski definition) is 1. The number of rotatable bonds is 7. The van der Waals surface area contributed by atoms with Gasteiger partial charge in [0.05, 0.1) is 0 Å². The van der Waals surface area contributed by atoms with Crippen LogP contribution < -0.4 is 10.2 Å². The van der Waals surface area contributed by atoms with Crippen LogP contribution in [0.15, 0.2) is 41.1 Å². The molecule has 168 valence electrons. The van der Waals surface area contributed by atoms with Crippen LogP contribution in [0.1, 0.15) is 42.6 Å². The Bertz CT molecular complexity index is 807. The predicted octanol–water partition coefficient (Wildman–Crippen LogP) is 3.72. The van der Waals surface area contributed by atoms with E-state index in [0.29, 0.717) is 12.1 Å². The smallest absolute Gasteiger partial charge is 0.253 e. The van der Waals surface area contributed by atoms with Crippen LogP contribution >= 0.6 is 11.3 Å². The van der Waals surface area contributed by atoms with Gasteiger partial charge >= 0.3 is 0 Å². The molecular weight excluding hydrogens is 404 g/mol. The third kappa shape index (κ3) is 5.88. The highest BCUT2D eigenvalue weighted by atomic mass is 32.1. The maximum atomic E-state index is 12.8. The molecule has 1 amide bonds. The van der Waals surface area contributed by atoms with Gasteiger partial charge in [-0.05, 0) is 79.4 Å². The molecule has 2 fully saturated rings. The number of likely N-dealkylation sites (N-methyl/N-ethyl adjacent to an activating group) is 1. The number of carbonyl (C=O) groups excluding carboxylic acids is 1. The minimum absolute atomic E-state index is 0.171. The van der Waals surface area contributed by atoms with Crippen LogP contribution in [0.4, 0.5) is 5.69 Å². The summed E-state index contributed by atoms with van der Waals surface area (Å²) < 4.78 is 0. The van der Waals surface area contributed by atoms with Gasteiger partial charge in [-0.25, -0.2) is 0 Å². The topological polar surface area (TPSA) is 38.8 Å². The molecule has 31 heavy (non-hydrogen) atoms. The highest BCUT2D eigenvalue weighted by Crippen LogP contribution is 2.22. The Morgan fingerprint density at radius 3 is 2.39 bits per heavy atom. The Morgan fingerprint density at radius 1 is 1.06 bits per heavy atom. The summed E-state index contributed by atoms with van der Waals surface area (Å²) in [5.41, 5.74) is 3.48. The second-order valence-corrected chi connectivity index (χ2v) is 9.72. The van der Waals surface area contributed by atoms with Gasteiger partial charge in [0.15, 0.2) is 0 Å². The zero-order valence-corrected chi connectivity index (χ0v) is 19.7. The second-order valence-electron chi connectivity index (χ2n) is 8.94. The molecule has 4 rings (SSSR count).